The van der Waals surface area contributed by atoms with Gasteiger partial charge in [0, 0.05) is 23.9 Å². The second kappa shape index (κ2) is 8.78. The minimum absolute atomic E-state index is 0.0356. The number of rotatable bonds is 7. The summed E-state index contributed by atoms with van der Waals surface area (Å²) >= 11 is 0. The highest BCUT2D eigenvalue weighted by Crippen LogP contribution is 2.27. The van der Waals surface area contributed by atoms with Crippen LogP contribution in [0.25, 0.3) is 5.65 Å². The number of carbonyl (C=O) groups excluding carboxylic acids is 1. The first kappa shape index (κ1) is 20.3. The number of amides is 1. The molecule has 1 amide bonds. The van der Waals surface area contributed by atoms with Gasteiger partial charge in [0.25, 0.3) is 0 Å². The van der Waals surface area contributed by atoms with Crippen LogP contribution in [0, 0.1) is 0 Å². The Kier molecular flexibility index (Phi) is 5.74. The molecule has 0 aliphatic rings. The second-order valence-electron chi connectivity index (χ2n) is 6.78. The summed E-state index contributed by atoms with van der Waals surface area (Å²) in [6.45, 7) is -3.25. The van der Waals surface area contributed by atoms with E-state index in [4.69, 9.17) is 0 Å². The maximum atomic E-state index is 12.8. The number of fused-ring (bicyclic) bond motifs is 1. The second-order valence-corrected chi connectivity index (χ2v) is 6.78. The van der Waals surface area contributed by atoms with Gasteiger partial charge in [0.15, 0.2) is 5.65 Å². The summed E-state index contributed by atoms with van der Waals surface area (Å²) in [5, 5.41) is 6.79. The van der Waals surface area contributed by atoms with Gasteiger partial charge in [-0.25, -0.2) is 9.48 Å². The lowest BCUT2D eigenvalue weighted by Gasteiger charge is -2.13. The van der Waals surface area contributed by atoms with Crippen molar-refractivity contribution in [1.82, 2.24) is 14.2 Å². The number of nitrogens with one attached hydrogen (secondary N) is 1. The quantitative estimate of drug-likeness (QED) is 0.494. The molecule has 2 aromatic carbocycles. The Morgan fingerprint density at radius 3 is 2.58 bits per heavy atom. The van der Waals surface area contributed by atoms with Crippen LogP contribution in [0.3, 0.4) is 0 Å². The van der Waals surface area contributed by atoms with Crippen molar-refractivity contribution < 1.29 is 18.3 Å². The van der Waals surface area contributed by atoms with Crippen molar-refractivity contribution >= 4 is 17.2 Å². The van der Waals surface area contributed by atoms with Crippen LogP contribution in [0.5, 0.6) is 5.75 Å². The van der Waals surface area contributed by atoms with Crippen LogP contribution in [0.15, 0.2) is 77.7 Å². The standard InChI is InChI=1S/C22H18F2N4O3/c23-21(24)31-18-10-9-17(13-16(18)12-15-6-2-1-3-7-15)25-20(29)14-28-22(30)27-11-5-4-8-19(27)26-28/h1-11,13,21H,12,14H2,(H,25,29). The van der Waals surface area contributed by atoms with E-state index in [1.165, 1.54) is 16.5 Å². The van der Waals surface area contributed by atoms with Gasteiger partial charge < -0.3 is 10.1 Å². The molecule has 1 N–H and O–H groups in total. The van der Waals surface area contributed by atoms with Crippen LogP contribution in [0.2, 0.25) is 0 Å². The van der Waals surface area contributed by atoms with Crippen molar-refractivity contribution in [3.63, 3.8) is 0 Å². The Balaban J connectivity index is 1.54. The Labute approximate surface area is 175 Å². The highest BCUT2D eigenvalue weighted by Gasteiger charge is 2.14. The van der Waals surface area contributed by atoms with E-state index in [1.54, 1.807) is 30.5 Å². The van der Waals surface area contributed by atoms with Gasteiger partial charge in [-0.1, -0.05) is 36.4 Å². The van der Waals surface area contributed by atoms with Crippen LogP contribution < -0.4 is 15.7 Å². The summed E-state index contributed by atoms with van der Waals surface area (Å²) in [6, 6.07) is 18.8. The highest BCUT2D eigenvalue weighted by atomic mass is 19.3. The van der Waals surface area contributed by atoms with Crippen LogP contribution >= 0.6 is 0 Å². The fourth-order valence-electron chi connectivity index (χ4n) is 3.23. The lowest BCUT2D eigenvalue weighted by atomic mass is 10.0. The molecule has 0 radical (unpaired) electrons. The molecule has 0 saturated heterocycles. The molecule has 0 aliphatic carbocycles. The Morgan fingerprint density at radius 2 is 1.84 bits per heavy atom. The lowest BCUT2D eigenvalue weighted by Crippen LogP contribution is -2.28. The summed E-state index contributed by atoms with van der Waals surface area (Å²) in [7, 11) is 0. The Bertz CT molecular complexity index is 1270. The summed E-state index contributed by atoms with van der Waals surface area (Å²) in [4.78, 5) is 24.8. The first-order valence-corrected chi connectivity index (χ1v) is 9.45. The molecular formula is C22H18F2N4O3. The third-order valence-electron chi connectivity index (χ3n) is 4.58. The smallest absolute Gasteiger partial charge is 0.387 e. The first-order chi connectivity index (χ1) is 15.0. The number of ether oxygens (including phenoxy) is 1. The monoisotopic (exact) mass is 424 g/mol. The molecule has 0 fully saturated rings. The maximum Gasteiger partial charge on any atom is 0.387 e. The summed E-state index contributed by atoms with van der Waals surface area (Å²) in [5.41, 5.74) is 1.79. The molecule has 4 rings (SSSR count). The number of carbonyl (C=O) groups is 1. The molecule has 158 valence electrons. The molecule has 0 aliphatic heterocycles. The molecule has 7 nitrogen and oxygen atoms in total. The number of nitrogens with zero attached hydrogens (tertiary/aromatic N) is 3. The van der Waals surface area contributed by atoms with Crippen LogP contribution in [-0.4, -0.2) is 26.7 Å². The number of anilines is 1. The normalized spacial score (nSPS) is 11.1. The number of alkyl halides is 2. The molecule has 4 aromatic rings. The van der Waals surface area contributed by atoms with Crippen LogP contribution in [0.4, 0.5) is 14.5 Å². The van der Waals surface area contributed by atoms with Gasteiger partial charge in [0.05, 0.1) is 0 Å². The molecule has 31 heavy (non-hydrogen) atoms. The van der Waals surface area contributed by atoms with E-state index in [0.717, 1.165) is 10.2 Å². The van der Waals surface area contributed by atoms with Crippen LogP contribution in [0.1, 0.15) is 11.1 Å². The lowest BCUT2D eigenvalue weighted by molar-refractivity contribution is -0.117. The van der Waals surface area contributed by atoms with Gasteiger partial charge in [0.1, 0.15) is 12.3 Å². The summed E-state index contributed by atoms with van der Waals surface area (Å²) in [5.74, 6) is -0.438. The average Bonchev–Trinajstić information content (AvgIpc) is 3.06. The zero-order valence-electron chi connectivity index (χ0n) is 16.2. The van der Waals surface area contributed by atoms with E-state index >= 15 is 0 Å². The van der Waals surface area contributed by atoms with E-state index in [0.29, 0.717) is 23.3 Å². The zero-order chi connectivity index (χ0) is 21.8. The number of pyridine rings is 1. The van der Waals surface area contributed by atoms with Gasteiger partial charge in [-0.15, -0.1) is 5.10 Å². The number of hydrogen-bond acceptors (Lipinski definition) is 4. The van der Waals surface area contributed by atoms with Crippen molar-refractivity contribution in [2.24, 2.45) is 0 Å². The van der Waals surface area contributed by atoms with E-state index in [2.05, 4.69) is 15.2 Å². The molecule has 0 atom stereocenters. The molecule has 0 bridgehead atoms. The molecule has 0 spiro atoms. The predicted octanol–water partition coefficient (Wildman–Crippen LogP) is 3.33. The van der Waals surface area contributed by atoms with Crippen molar-refractivity contribution in [3.8, 4) is 5.75 Å². The van der Waals surface area contributed by atoms with E-state index < -0.39 is 18.2 Å². The third-order valence-corrected chi connectivity index (χ3v) is 4.58. The maximum absolute atomic E-state index is 12.8. The van der Waals surface area contributed by atoms with E-state index in [9.17, 15) is 18.4 Å². The number of aromatic nitrogens is 3. The van der Waals surface area contributed by atoms with Gasteiger partial charge in [-0.2, -0.15) is 8.78 Å². The SMILES string of the molecule is O=C(Cn1nc2ccccn2c1=O)Nc1ccc(OC(F)F)c(Cc2ccccc2)c1. The van der Waals surface area contributed by atoms with E-state index in [1.807, 2.05) is 30.3 Å². The first-order valence-electron chi connectivity index (χ1n) is 9.45. The van der Waals surface area contributed by atoms with Crippen molar-refractivity contribution in [3.05, 3.63) is 94.5 Å². The molecule has 2 heterocycles. The average molecular weight is 424 g/mol. The van der Waals surface area contributed by atoms with Crippen molar-refractivity contribution in [2.75, 3.05) is 5.32 Å². The number of benzene rings is 2. The van der Waals surface area contributed by atoms with Crippen LogP contribution in [-0.2, 0) is 17.8 Å². The minimum Gasteiger partial charge on any atom is -0.435 e. The van der Waals surface area contributed by atoms with Crippen molar-refractivity contribution in [2.45, 2.75) is 19.6 Å². The van der Waals surface area contributed by atoms with E-state index in [-0.39, 0.29) is 12.3 Å². The highest BCUT2D eigenvalue weighted by molar-refractivity contribution is 5.90. The fourth-order valence-corrected chi connectivity index (χ4v) is 3.23. The predicted molar refractivity (Wildman–Crippen MR) is 110 cm³/mol. The topological polar surface area (TPSA) is 77.6 Å². The molecule has 2 aromatic heterocycles. The molecular weight excluding hydrogens is 406 g/mol. The summed E-state index contributed by atoms with van der Waals surface area (Å²) < 4.78 is 32.6. The Morgan fingerprint density at radius 1 is 1.06 bits per heavy atom. The zero-order valence-corrected chi connectivity index (χ0v) is 16.2. The fraction of sp³-hybridized carbons (Fsp3) is 0.136. The van der Waals surface area contributed by atoms with Crippen molar-refractivity contribution in [1.29, 1.82) is 0 Å². The van der Waals surface area contributed by atoms with Gasteiger partial charge in [-0.05, 0) is 35.9 Å². The molecule has 0 unspecified atom stereocenters. The largest absolute Gasteiger partial charge is 0.435 e. The van der Waals surface area contributed by atoms with Gasteiger partial charge in [0.2, 0.25) is 5.91 Å². The van der Waals surface area contributed by atoms with Gasteiger partial charge in [-0.3, -0.25) is 9.20 Å². The Hall–Kier alpha value is -4.01. The third kappa shape index (κ3) is 4.77. The molecule has 0 saturated carbocycles. The minimum atomic E-state index is -2.96. The number of halogens is 2. The van der Waals surface area contributed by atoms with Gasteiger partial charge >= 0.3 is 12.3 Å². The summed E-state index contributed by atoms with van der Waals surface area (Å²) in [6.07, 6.45) is 1.91. The number of hydrogen-bond donors (Lipinski definition) is 1. The molecule has 9 heteroatoms.